The number of piperidine rings is 1. The lowest BCUT2D eigenvalue weighted by atomic mass is 9.93. The number of anilines is 1. The molecule has 4 heteroatoms. The van der Waals surface area contributed by atoms with Gasteiger partial charge in [-0.2, -0.15) is 5.26 Å². The maximum atomic E-state index is 9.61. The van der Waals surface area contributed by atoms with Crippen molar-refractivity contribution in [3.8, 4) is 6.07 Å². The molecule has 2 heterocycles. The fraction of sp³-hybridized carbons (Fsp3) is 0.588. The largest absolute Gasteiger partial charge is 0.366 e. The van der Waals surface area contributed by atoms with Crippen molar-refractivity contribution in [2.45, 2.75) is 49.1 Å². The molecule has 1 N–H and O–H groups in total. The molecule has 2 saturated heterocycles. The second kappa shape index (κ2) is 6.72. The van der Waals surface area contributed by atoms with Gasteiger partial charge in [0.1, 0.15) is 6.07 Å². The molecule has 2 atom stereocenters. The first kappa shape index (κ1) is 14.7. The molecule has 0 radical (unpaired) electrons. The first-order valence-electron chi connectivity index (χ1n) is 7.92. The van der Waals surface area contributed by atoms with E-state index in [1.807, 2.05) is 6.26 Å². The first-order chi connectivity index (χ1) is 10.3. The predicted octanol–water partition coefficient (Wildman–Crippen LogP) is 3.39. The van der Waals surface area contributed by atoms with E-state index in [1.165, 1.54) is 32.1 Å². The lowest BCUT2D eigenvalue weighted by molar-refractivity contribution is 0.378. The van der Waals surface area contributed by atoms with Crippen LogP contribution in [0, 0.1) is 11.3 Å². The minimum Gasteiger partial charge on any atom is -0.366 e. The molecule has 0 aliphatic carbocycles. The van der Waals surface area contributed by atoms with Crippen molar-refractivity contribution in [1.82, 2.24) is 5.32 Å². The number of nitriles is 1. The Morgan fingerprint density at radius 2 is 2.19 bits per heavy atom. The highest BCUT2D eigenvalue weighted by Crippen LogP contribution is 2.34. The van der Waals surface area contributed by atoms with Crippen LogP contribution in [0.15, 0.2) is 23.1 Å². The predicted molar refractivity (Wildman–Crippen MR) is 88.9 cm³/mol. The Morgan fingerprint density at radius 3 is 2.90 bits per heavy atom. The zero-order valence-electron chi connectivity index (χ0n) is 12.6. The van der Waals surface area contributed by atoms with Crippen molar-refractivity contribution in [2.24, 2.45) is 0 Å². The van der Waals surface area contributed by atoms with Crippen LogP contribution in [0.3, 0.4) is 0 Å². The summed E-state index contributed by atoms with van der Waals surface area (Å²) >= 11 is 1.67. The molecule has 1 aromatic carbocycles. The van der Waals surface area contributed by atoms with Crippen molar-refractivity contribution < 1.29 is 0 Å². The van der Waals surface area contributed by atoms with Gasteiger partial charge in [-0.15, -0.1) is 11.8 Å². The van der Waals surface area contributed by atoms with Gasteiger partial charge in [-0.3, -0.25) is 0 Å². The van der Waals surface area contributed by atoms with Crippen LogP contribution in [0.5, 0.6) is 0 Å². The maximum absolute atomic E-state index is 9.61. The Bertz CT molecular complexity index is 531. The van der Waals surface area contributed by atoms with E-state index in [-0.39, 0.29) is 0 Å². The average Bonchev–Trinajstić information content (AvgIpc) is 3.08. The summed E-state index contributed by atoms with van der Waals surface area (Å²) in [6, 6.07) is 9.86. The quantitative estimate of drug-likeness (QED) is 0.869. The topological polar surface area (TPSA) is 39.1 Å². The van der Waals surface area contributed by atoms with E-state index < -0.39 is 0 Å². The molecule has 0 saturated carbocycles. The van der Waals surface area contributed by atoms with E-state index in [0.29, 0.717) is 12.1 Å². The second-order valence-corrected chi connectivity index (χ2v) is 6.77. The zero-order valence-corrected chi connectivity index (χ0v) is 13.5. The van der Waals surface area contributed by atoms with Gasteiger partial charge in [-0.25, -0.2) is 0 Å². The SMILES string of the molecule is CSc1cccc(N2CCCCC2C2CCCN2)c1C#N. The number of thioether (sulfide) groups is 1. The maximum Gasteiger partial charge on any atom is 0.103 e. The van der Waals surface area contributed by atoms with Crippen LogP contribution < -0.4 is 10.2 Å². The zero-order chi connectivity index (χ0) is 14.7. The van der Waals surface area contributed by atoms with E-state index >= 15 is 0 Å². The molecule has 21 heavy (non-hydrogen) atoms. The summed E-state index contributed by atoms with van der Waals surface area (Å²) < 4.78 is 0. The van der Waals surface area contributed by atoms with Crippen LogP contribution in [0.4, 0.5) is 5.69 Å². The number of nitrogens with one attached hydrogen (secondary N) is 1. The third kappa shape index (κ3) is 2.90. The van der Waals surface area contributed by atoms with Gasteiger partial charge >= 0.3 is 0 Å². The Labute approximate surface area is 131 Å². The van der Waals surface area contributed by atoms with Crippen LogP contribution in [-0.4, -0.2) is 31.4 Å². The second-order valence-electron chi connectivity index (χ2n) is 5.93. The molecular weight excluding hydrogens is 278 g/mol. The van der Waals surface area contributed by atoms with Crippen molar-refractivity contribution >= 4 is 17.4 Å². The molecule has 0 spiro atoms. The van der Waals surface area contributed by atoms with Gasteiger partial charge in [0.15, 0.2) is 0 Å². The summed E-state index contributed by atoms with van der Waals surface area (Å²) in [7, 11) is 0. The normalized spacial score (nSPS) is 25.8. The van der Waals surface area contributed by atoms with E-state index in [4.69, 9.17) is 0 Å². The van der Waals surface area contributed by atoms with Crippen LogP contribution in [-0.2, 0) is 0 Å². The number of hydrogen-bond donors (Lipinski definition) is 1. The molecule has 0 bridgehead atoms. The van der Waals surface area contributed by atoms with Crippen LogP contribution >= 0.6 is 11.8 Å². The summed E-state index contributed by atoms with van der Waals surface area (Å²) in [6.45, 7) is 2.22. The monoisotopic (exact) mass is 301 g/mol. The molecular formula is C17H23N3S. The van der Waals surface area contributed by atoms with E-state index in [1.54, 1.807) is 11.8 Å². The molecule has 1 aromatic rings. The summed E-state index contributed by atoms with van der Waals surface area (Å²) in [5.74, 6) is 0. The molecule has 2 aliphatic heterocycles. The fourth-order valence-electron chi connectivity index (χ4n) is 3.76. The van der Waals surface area contributed by atoms with Gasteiger partial charge < -0.3 is 10.2 Å². The Kier molecular flexibility index (Phi) is 4.72. The standard InChI is InChI=1S/C17H23N3S/c1-21-17-9-4-8-15(13(17)12-18)20-11-3-2-7-16(20)14-6-5-10-19-14/h4,8-9,14,16,19H,2-3,5-7,10-11H2,1H3. The van der Waals surface area contributed by atoms with Crippen molar-refractivity contribution in [1.29, 1.82) is 5.26 Å². The Hall–Kier alpha value is -1.18. The number of rotatable bonds is 3. The van der Waals surface area contributed by atoms with Crippen LogP contribution in [0.25, 0.3) is 0 Å². The molecule has 2 fully saturated rings. The minimum absolute atomic E-state index is 0.547. The van der Waals surface area contributed by atoms with E-state index in [2.05, 4.69) is 34.5 Å². The van der Waals surface area contributed by atoms with Gasteiger partial charge in [-0.1, -0.05) is 6.07 Å². The fourth-order valence-corrected chi connectivity index (χ4v) is 4.33. The third-order valence-electron chi connectivity index (χ3n) is 4.76. The van der Waals surface area contributed by atoms with Crippen LogP contribution in [0.2, 0.25) is 0 Å². The van der Waals surface area contributed by atoms with Gasteiger partial charge in [0.2, 0.25) is 0 Å². The van der Waals surface area contributed by atoms with Gasteiger partial charge in [-0.05, 0) is 57.0 Å². The summed E-state index contributed by atoms with van der Waals surface area (Å²) in [6.07, 6.45) is 8.38. The highest BCUT2D eigenvalue weighted by molar-refractivity contribution is 7.98. The number of hydrogen-bond acceptors (Lipinski definition) is 4. The van der Waals surface area contributed by atoms with Gasteiger partial charge in [0, 0.05) is 23.5 Å². The van der Waals surface area contributed by atoms with E-state index in [9.17, 15) is 5.26 Å². The van der Waals surface area contributed by atoms with Crippen molar-refractivity contribution in [3.63, 3.8) is 0 Å². The highest BCUT2D eigenvalue weighted by Gasteiger charge is 2.32. The number of benzene rings is 1. The molecule has 0 amide bonds. The minimum atomic E-state index is 0.547. The van der Waals surface area contributed by atoms with Gasteiger partial charge in [0.05, 0.1) is 11.3 Å². The third-order valence-corrected chi connectivity index (χ3v) is 5.54. The molecule has 0 aromatic heterocycles. The van der Waals surface area contributed by atoms with Crippen molar-refractivity contribution in [2.75, 3.05) is 24.2 Å². The lowest BCUT2D eigenvalue weighted by Gasteiger charge is -2.41. The molecule has 2 unspecified atom stereocenters. The summed E-state index contributed by atoms with van der Waals surface area (Å²) in [5.41, 5.74) is 2.00. The highest BCUT2D eigenvalue weighted by atomic mass is 32.2. The van der Waals surface area contributed by atoms with E-state index in [0.717, 1.165) is 29.2 Å². The smallest absolute Gasteiger partial charge is 0.103 e. The first-order valence-corrected chi connectivity index (χ1v) is 9.14. The Balaban J connectivity index is 1.95. The summed E-state index contributed by atoms with van der Waals surface area (Å²) in [5, 5.41) is 13.3. The van der Waals surface area contributed by atoms with Gasteiger partial charge in [0.25, 0.3) is 0 Å². The summed E-state index contributed by atoms with van der Waals surface area (Å²) in [4.78, 5) is 3.60. The Morgan fingerprint density at radius 1 is 1.29 bits per heavy atom. The van der Waals surface area contributed by atoms with Crippen LogP contribution in [0.1, 0.15) is 37.7 Å². The number of nitrogens with zero attached hydrogens (tertiary/aromatic N) is 2. The molecule has 3 rings (SSSR count). The molecule has 2 aliphatic rings. The lowest BCUT2D eigenvalue weighted by Crippen LogP contribution is -2.50. The molecule has 112 valence electrons. The average molecular weight is 301 g/mol. The van der Waals surface area contributed by atoms with Crippen molar-refractivity contribution in [3.05, 3.63) is 23.8 Å². The molecule has 3 nitrogen and oxygen atoms in total.